The Hall–Kier alpha value is -1.25. The molecule has 78 valence electrons. The lowest BCUT2D eigenvalue weighted by atomic mass is 10.2. The van der Waals surface area contributed by atoms with Crippen molar-refractivity contribution in [2.75, 3.05) is 6.61 Å². The minimum atomic E-state index is -0.150. The molecule has 1 aromatic rings. The van der Waals surface area contributed by atoms with E-state index >= 15 is 0 Å². The number of rotatable bonds is 6. The van der Waals surface area contributed by atoms with Gasteiger partial charge in [-0.3, -0.25) is 4.79 Å². The molecule has 1 N–H and O–H groups in total. The highest BCUT2D eigenvalue weighted by atomic mass is 16.5. The van der Waals surface area contributed by atoms with Crippen LogP contribution in [0.1, 0.15) is 32.6 Å². The first kappa shape index (κ1) is 10.8. The predicted molar refractivity (Wildman–Crippen MR) is 56.7 cm³/mol. The molecule has 0 aromatic carbocycles. The maximum absolute atomic E-state index is 11.2. The summed E-state index contributed by atoms with van der Waals surface area (Å²) < 4.78 is 5.34. The number of hydrogen-bond acceptors (Lipinski definition) is 2. The number of ether oxygens (including phenoxy) is 1. The van der Waals surface area contributed by atoms with Crippen molar-refractivity contribution in [2.24, 2.45) is 0 Å². The van der Waals surface area contributed by atoms with E-state index in [9.17, 15) is 4.79 Å². The minimum absolute atomic E-state index is 0.150. The van der Waals surface area contributed by atoms with Gasteiger partial charge in [0.25, 0.3) is 5.56 Å². The van der Waals surface area contributed by atoms with Crippen molar-refractivity contribution in [3.05, 3.63) is 28.7 Å². The summed E-state index contributed by atoms with van der Waals surface area (Å²) in [4.78, 5) is 13.7. The van der Waals surface area contributed by atoms with E-state index in [0.29, 0.717) is 12.4 Å². The van der Waals surface area contributed by atoms with Gasteiger partial charge in [0, 0.05) is 6.20 Å². The van der Waals surface area contributed by atoms with Gasteiger partial charge < -0.3 is 9.72 Å². The Balaban J connectivity index is 2.25. The Morgan fingerprint density at radius 3 is 2.93 bits per heavy atom. The van der Waals surface area contributed by atoms with Gasteiger partial charge in [0.2, 0.25) is 0 Å². The van der Waals surface area contributed by atoms with Crippen molar-refractivity contribution in [1.82, 2.24) is 4.98 Å². The summed E-state index contributed by atoms with van der Waals surface area (Å²) in [6.45, 7) is 2.80. The van der Waals surface area contributed by atoms with Crippen molar-refractivity contribution < 1.29 is 4.74 Å². The number of pyridine rings is 1. The standard InChI is InChI=1S/C11H17NO2/c1-2-3-4-5-9-14-10-7-6-8-12-11(10)13/h6-8H,2-5,9H2,1H3,(H,12,13). The summed E-state index contributed by atoms with van der Waals surface area (Å²) in [5.74, 6) is 0.420. The number of nitrogens with one attached hydrogen (secondary N) is 1. The van der Waals surface area contributed by atoms with Crippen LogP contribution in [0.3, 0.4) is 0 Å². The second-order valence-electron chi connectivity index (χ2n) is 3.27. The summed E-state index contributed by atoms with van der Waals surface area (Å²) in [5.41, 5.74) is -0.150. The van der Waals surface area contributed by atoms with Crippen molar-refractivity contribution in [2.45, 2.75) is 32.6 Å². The Labute approximate surface area is 84.1 Å². The summed E-state index contributed by atoms with van der Waals surface area (Å²) in [7, 11) is 0. The molecule has 0 aliphatic heterocycles. The molecule has 0 aliphatic rings. The molecule has 0 aliphatic carbocycles. The summed E-state index contributed by atoms with van der Waals surface area (Å²) in [6.07, 6.45) is 6.23. The van der Waals surface area contributed by atoms with Gasteiger partial charge >= 0.3 is 0 Å². The van der Waals surface area contributed by atoms with Crippen LogP contribution in [-0.2, 0) is 0 Å². The van der Waals surface area contributed by atoms with Crippen LogP contribution >= 0.6 is 0 Å². The fraction of sp³-hybridized carbons (Fsp3) is 0.545. The third-order valence-electron chi connectivity index (χ3n) is 2.04. The quantitative estimate of drug-likeness (QED) is 0.708. The van der Waals surface area contributed by atoms with Crippen LogP contribution in [0, 0.1) is 0 Å². The lowest BCUT2D eigenvalue weighted by molar-refractivity contribution is 0.301. The van der Waals surface area contributed by atoms with Crippen molar-refractivity contribution in [3.63, 3.8) is 0 Å². The van der Waals surface area contributed by atoms with Gasteiger partial charge in [-0.2, -0.15) is 0 Å². The molecule has 0 saturated heterocycles. The van der Waals surface area contributed by atoms with Crippen LogP contribution in [0.25, 0.3) is 0 Å². The van der Waals surface area contributed by atoms with Gasteiger partial charge in [-0.25, -0.2) is 0 Å². The second kappa shape index (κ2) is 6.24. The zero-order valence-corrected chi connectivity index (χ0v) is 8.58. The van der Waals surface area contributed by atoms with Crippen LogP contribution in [0.15, 0.2) is 23.1 Å². The third kappa shape index (κ3) is 3.64. The Bertz CT molecular complexity index is 306. The molecule has 3 nitrogen and oxygen atoms in total. The molecule has 0 saturated carbocycles. The van der Waals surface area contributed by atoms with E-state index in [-0.39, 0.29) is 5.56 Å². The molecule has 14 heavy (non-hydrogen) atoms. The molecule has 1 aromatic heterocycles. The molecule has 0 amide bonds. The first-order valence-corrected chi connectivity index (χ1v) is 5.15. The second-order valence-corrected chi connectivity index (χ2v) is 3.27. The zero-order chi connectivity index (χ0) is 10.2. The first-order valence-electron chi connectivity index (χ1n) is 5.15. The van der Waals surface area contributed by atoms with E-state index in [4.69, 9.17) is 4.74 Å². The SMILES string of the molecule is CCCCCCOc1ccc[nH]c1=O. The lowest BCUT2D eigenvalue weighted by Crippen LogP contribution is -2.10. The third-order valence-corrected chi connectivity index (χ3v) is 2.04. The van der Waals surface area contributed by atoms with Gasteiger partial charge in [0.1, 0.15) is 0 Å². The number of hydrogen-bond donors (Lipinski definition) is 1. The number of aromatic amines is 1. The molecule has 0 atom stereocenters. The van der Waals surface area contributed by atoms with E-state index in [1.165, 1.54) is 19.3 Å². The average Bonchev–Trinajstić information content (AvgIpc) is 2.20. The van der Waals surface area contributed by atoms with E-state index in [0.717, 1.165) is 6.42 Å². The van der Waals surface area contributed by atoms with Crippen LogP contribution in [0.5, 0.6) is 5.75 Å². The van der Waals surface area contributed by atoms with Crippen LogP contribution in [-0.4, -0.2) is 11.6 Å². The van der Waals surface area contributed by atoms with E-state index in [2.05, 4.69) is 11.9 Å². The van der Waals surface area contributed by atoms with Gasteiger partial charge in [0.15, 0.2) is 5.75 Å². The van der Waals surface area contributed by atoms with E-state index in [1.54, 1.807) is 18.3 Å². The number of H-pyrrole nitrogens is 1. The Morgan fingerprint density at radius 1 is 1.36 bits per heavy atom. The van der Waals surface area contributed by atoms with Gasteiger partial charge in [-0.05, 0) is 18.6 Å². The van der Waals surface area contributed by atoms with Crippen molar-refractivity contribution >= 4 is 0 Å². The van der Waals surface area contributed by atoms with Gasteiger partial charge in [-0.15, -0.1) is 0 Å². The highest BCUT2D eigenvalue weighted by Gasteiger charge is 1.97. The largest absolute Gasteiger partial charge is 0.488 e. The van der Waals surface area contributed by atoms with Gasteiger partial charge in [0.05, 0.1) is 6.61 Å². The first-order chi connectivity index (χ1) is 6.84. The Morgan fingerprint density at radius 2 is 2.21 bits per heavy atom. The van der Waals surface area contributed by atoms with Crippen LogP contribution in [0.4, 0.5) is 0 Å². The molecule has 1 heterocycles. The molecular formula is C11H17NO2. The highest BCUT2D eigenvalue weighted by Crippen LogP contribution is 2.03. The van der Waals surface area contributed by atoms with Crippen LogP contribution < -0.4 is 10.3 Å². The fourth-order valence-electron chi connectivity index (χ4n) is 1.23. The maximum Gasteiger partial charge on any atom is 0.290 e. The summed E-state index contributed by atoms with van der Waals surface area (Å²) in [5, 5.41) is 0. The maximum atomic E-state index is 11.2. The highest BCUT2D eigenvalue weighted by molar-refractivity contribution is 5.15. The van der Waals surface area contributed by atoms with E-state index < -0.39 is 0 Å². The summed E-state index contributed by atoms with van der Waals surface area (Å²) in [6, 6.07) is 3.46. The Kier molecular flexibility index (Phi) is 4.83. The van der Waals surface area contributed by atoms with Crippen molar-refractivity contribution in [1.29, 1.82) is 0 Å². The van der Waals surface area contributed by atoms with Crippen molar-refractivity contribution in [3.8, 4) is 5.75 Å². The smallest absolute Gasteiger partial charge is 0.290 e. The molecule has 0 bridgehead atoms. The number of aromatic nitrogens is 1. The number of unbranched alkanes of at least 4 members (excludes halogenated alkanes) is 3. The molecule has 0 spiro atoms. The molecule has 3 heteroatoms. The molecule has 0 unspecified atom stereocenters. The van der Waals surface area contributed by atoms with Crippen LogP contribution in [0.2, 0.25) is 0 Å². The normalized spacial score (nSPS) is 10.1. The topological polar surface area (TPSA) is 42.1 Å². The zero-order valence-electron chi connectivity index (χ0n) is 8.58. The predicted octanol–water partition coefficient (Wildman–Crippen LogP) is 2.33. The van der Waals surface area contributed by atoms with Gasteiger partial charge in [-0.1, -0.05) is 26.2 Å². The summed E-state index contributed by atoms with van der Waals surface area (Å²) >= 11 is 0. The fourth-order valence-corrected chi connectivity index (χ4v) is 1.23. The minimum Gasteiger partial charge on any atom is -0.488 e. The monoisotopic (exact) mass is 195 g/mol. The average molecular weight is 195 g/mol. The van der Waals surface area contributed by atoms with E-state index in [1.807, 2.05) is 0 Å². The molecule has 0 radical (unpaired) electrons. The lowest BCUT2D eigenvalue weighted by Gasteiger charge is -2.03. The molecular weight excluding hydrogens is 178 g/mol. The molecule has 0 fully saturated rings. The molecule has 1 rings (SSSR count).